The highest BCUT2D eigenvalue weighted by atomic mass is 35.5. The summed E-state index contributed by atoms with van der Waals surface area (Å²) in [6.07, 6.45) is 6.14. The SMILES string of the molecule is CCN(Cc1ccncc1)S(=O)(=O)c1ccc(-c2cncc(O)c2)cc1Cl. The molecule has 1 N–H and O–H groups in total. The predicted molar refractivity (Wildman–Crippen MR) is 104 cm³/mol. The third kappa shape index (κ3) is 4.27. The lowest BCUT2D eigenvalue weighted by molar-refractivity contribution is 0.423. The minimum absolute atomic E-state index is 0.0230. The Labute approximate surface area is 163 Å². The molecule has 0 aliphatic rings. The number of sulfonamides is 1. The van der Waals surface area contributed by atoms with Crippen molar-refractivity contribution in [3.05, 3.63) is 71.8 Å². The van der Waals surface area contributed by atoms with Crippen molar-refractivity contribution in [3.8, 4) is 16.9 Å². The van der Waals surface area contributed by atoms with Crippen LogP contribution in [0.5, 0.6) is 5.75 Å². The van der Waals surface area contributed by atoms with Gasteiger partial charge in [0, 0.05) is 37.2 Å². The molecule has 0 radical (unpaired) electrons. The number of halogens is 1. The standard InChI is InChI=1S/C19H18ClN3O3S/c1-2-23(13-14-5-7-21-8-6-14)27(25,26)19-4-3-15(10-18(19)20)16-9-17(24)12-22-11-16/h3-12,24H,2,13H2,1H3. The third-order valence-corrected chi connectivity index (χ3v) is 6.47. The predicted octanol–water partition coefficient (Wildman–Crippen LogP) is 3.71. The number of benzene rings is 1. The number of hydrogen-bond acceptors (Lipinski definition) is 5. The van der Waals surface area contributed by atoms with E-state index >= 15 is 0 Å². The van der Waals surface area contributed by atoms with Crippen LogP contribution in [0.4, 0.5) is 0 Å². The van der Waals surface area contributed by atoms with E-state index in [2.05, 4.69) is 9.97 Å². The summed E-state index contributed by atoms with van der Waals surface area (Å²) >= 11 is 6.31. The maximum Gasteiger partial charge on any atom is 0.244 e. The van der Waals surface area contributed by atoms with Gasteiger partial charge in [0.15, 0.2) is 0 Å². The van der Waals surface area contributed by atoms with Crippen LogP contribution in [0, 0.1) is 0 Å². The van der Waals surface area contributed by atoms with E-state index in [-0.39, 0.29) is 22.2 Å². The van der Waals surface area contributed by atoms with E-state index in [1.807, 2.05) is 0 Å². The summed E-state index contributed by atoms with van der Waals surface area (Å²) in [5, 5.41) is 9.68. The number of hydrogen-bond donors (Lipinski definition) is 1. The van der Waals surface area contributed by atoms with Gasteiger partial charge >= 0.3 is 0 Å². The highest BCUT2D eigenvalue weighted by Gasteiger charge is 2.26. The summed E-state index contributed by atoms with van der Waals surface area (Å²) in [6.45, 7) is 2.31. The number of pyridine rings is 2. The van der Waals surface area contributed by atoms with E-state index in [0.717, 1.165) is 5.56 Å². The lowest BCUT2D eigenvalue weighted by Gasteiger charge is -2.21. The molecule has 0 saturated carbocycles. The first-order valence-corrected chi connectivity index (χ1v) is 10.1. The fraction of sp³-hybridized carbons (Fsp3) is 0.158. The monoisotopic (exact) mass is 403 g/mol. The average molecular weight is 404 g/mol. The second kappa shape index (κ2) is 8.04. The van der Waals surface area contributed by atoms with E-state index in [1.165, 1.54) is 22.6 Å². The van der Waals surface area contributed by atoms with E-state index in [1.54, 1.807) is 49.8 Å². The molecule has 3 aromatic rings. The van der Waals surface area contributed by atoms with Gasteiger partial charge < -0.3 is 5.11 Å². The van der Waals surface area contributed by atoms with Gasteiger partial charge in [0.05, 0.1) is 11.2 Å². The highest BCUT2D eigenvalue weighted by molar-refractivity contribution is 7.89. The van der Waals surface area contributed by atoms with Crippen molar-refractivity contribution < 1.29 is 13.5 Å². The molecule has 1 aromatic carbocycles. The Balaban J connectivity index is 1.94. The van der Waals surface area contributed by atoms with Crippen molar-refractivity contribution in [2.24, 2.45) is 0 Å². The molecule has 0 saturated heterocycles. The van der Waals surface area contributed by atoms with Crippen LogP contribution in [0.2, 0.25) is 5.02 Å². The van der Waals surface area contributed by atoms with Gasteiger partial charge in [0.1, 0.15) is 10.6 Å². The van der Waals surface area contributed by atoms with Crippen molar-refractivity contribution >= 4 is 21.6 Å². The maximum absolute atomic E-state index is 13.1. The molecule has 0 fully saturated rings. The summed E-state index contributed by atoms with van der Waals surface area (Å²) in [5.74, 6) is 0.0230. The largest absolute Gasteiger partial charge is 0.506 e. The number of aromatic hydroxyl groups is 1. The van der Waals surface area contributed by atoms with Gasteiger partial charge in [-0.3, -0.25) is 9.97 Å². The van der Waals surface area contributed by atoms with E-state index < -0.39 is 10.0 Å². The van der Waals surface area contributed by atoms with Crippen LogP contribution in [0.1, 0.15) is 12.5 Å². The van der Waals surface area contributed by atoms with Crippen molar-refractivity contribution in [2.45, 2.75) is 18.4 Å². The summed E-state index contributed by atoms with van der Waals surface area (Å²) in [6, 6.07) is 9.77. The van der Waals surface area contributed by atoms with Crippen LogP contribution in [-0.2, 0) is 16.6 Å². The molecule has 0 bridgehead atoms. The molecular formula is C19H18ClN3O3S. The first-order chi connectivity index (χ1) is 12.9. The van der Waals surface area contributed by atoms with Crippen LogP contribution < -0.4 is 0 Å². The zero-order valence-electron chi connectivity index (χ0n) is 14.6. The Bertz CT molecular complexity index is 1040. The molecule has 3 rings (SSSR count). The Kier molecular flexibility index (Phi) is 5.74. The van der Waals surface area contributed by atoms with E-state index in [9.17, 15) is 13.5 Å². The minimum Gasteiger partial charge on any atom is -0.506 e. The number of rotatable bonds is 6. The second-order valence-electron chi connectivity index (χ2n) is 5.86. The Hall–Kier alpha value is -2.48. The zero-order chi connectivity index (χ0) is 19.4. The fourth-order valence-electron chi connectivity index (χ4n) is 2.67. The van der Waals surface area contributed by atoms with E-state index in [0.29, 0.717) is 17.7 Å². The van der Waals surface area contributed by atoms with Crippen molar-refractivity contribution in [3.63, 3.8) is 0 Å². The quantitative estimate of drug-likeness (QED) is 0.678. The van der Waals surface area contributed by atoms with Crippen LogP contribution in [0.15, 0.2) is 66.1 Å². The van der Waals surface area contributed by atoms with Gasteiger partial charge in [-0.2, -0.15) is 4.31 Å². The molecule has 0 aliphatic carbocycles. The van der Waals surface area contributed by atoms with Crippen molar-refractivity contribution in [1.29, 1.82) is 0 Å². The summed E-state index contributed by atoms with van der Waals surface area (Å²) in [7, 11) is -3.77. The molecule has 0 aliphatic heterocycles. The highest BCUT2D eigenvalue weighted by Crippen LogP contribution is 2.31. The molecule has 0 spiro atoms. The normalized spacial score (nSPS) is 11.7. The summed E-state index contributed by atoms with van der Waals surface area (Å²) < 4.78 is 27.5. The molecule has 0 atom stereocenters. The Morgan fingerprint density at radius 3 is 2.41 bits per heavy atom. The maximum atomic E-state index is 13.1. The summed E-state index contributed by atoms with van der Waals surface area (Å²) in [4.78, 5) is 7.91. The van der Waals surface area contributed by atoms with Crippen molar-refractivity contribution in [1.82, 2.24) is 14.3 Å². The van der Waals surface area contributed by atoms with Gasteiger partial charge in [-0.25, -0.2) is 8.42 Å². The molecule has 8 heteroatoms. The third-order valence-electron chi connectivity index (χ3n) is 4.07. The van der Waals surface area contributed by atoms with Gasteiger partial charge in [-0.1, -0.05) is 24.6 Å². The van der Waals surface area contributed by atoms with Gasteiger partial charge in [0.2, 0.25) is 10.0 Å². The lowest BCUT2D eigenvalue weighted by atomic mass is 10.1. The number of aromatic nitrogens is 2. The first-order valence-electron chi connectivity index (χ1n) is 8.25. The minimum atomic E-state index is -3.77. The first kappa shape index (κ1) is 19.3. The topological polar surface area (TPSA) is 83.4 Å². The van der Waals surface area contributed by atoms with Gasteiger partial charge in [-0.05, 0) is 41.5 Å². The number of nitrogens with zero attached hydrogens (tertiary/aromatic N) is 3. The van der Waals surface area contributed by atoms with Crippen LogP contribution in [0.25, 0.3) is 11.1 Å². The zero-order valence-corrected chi connectivity index (χ0v) is 16.2. The lowest BCUT2D eigenvalue weighted by Crippen LogP contribution is -2.30. The second-order valence-corrected chi connectivity index (χ2v) is 8.18. The molecule has 6 nitrogen and oxygen atoms in total. The van der Waals surface area contributed by atoms with Crippen LogP contribution in [-0.4, -0.2) is 34.3 Å². The van der Waals surface area contributed by atoms with Crippen LogP contribution >= 0.6 is 11.6 Å². The smallest absolute Gasteiger partial charge is 0.244 e. The van der Waals surface area contributed by atoms with Gasteiger partial charge in [0.25, 0.3) is 0 Å². The van der Waals surface area contributed by atoms with Crippen molar-refractivity contribution in [2.75, 3.05) is 6.54 Å². The molecule has 0 amide bonds. The fourth-order valence-corrected chi connectivity index (χ4v) is 4.63. The molecule has 2 heterocycles. The molecule has 2 aromatic heterocycles. The molecular weight excluding hydrogens is 386 g/mol. The van der Waals surface area contributed by atoms with Gasteiger partial charge in [-0.15, -0.1) is 0 Å². The molecule has 27 heavy (non-hydrogen) atoms. The Morgan fingerprint density at radius 2 is 1.78 bits per heavy atom. The molecule has 140 valence electrons. The Morgan fingerprint density at radius 1 is 1.04 bits per heavy atom. The summed E-state index contributed by atoms with van der Waals surface area (Å²) in [5.41, 5.74) is 2.15. The average Bonchev–Trinajstić information content (AvgIpc) is 2.66. The van der Waals surface area contributed by atoms with Crippen LogP contribution in [0.3, 0.4) is 0 Å². The van der Waals surface area contributed by atoms with E-state index in [4.69, 9.17) is 11.6 Å². The molecule has 0 unspecified atom stereocenters.